The second-order valence-electron chi connectivity index (χ2n) is 5.61. The molecule has 0 unspecified atom stereocenters. The molecule has 0 spiro atoms. The predicted octanol–water partition coefficient (Wildman–Crippen LogP) is 3.64. The molecule has 1 aliphatic rings. The van der Waals surface area contributed by atoms with Crippen molar-refractivity contribution in [1.82, 2.24) is 0 Å². The first-order valence-corrected chi connectivity index (χ1v) is 9.20. The maximum atomic E-state index is 12.0. The van der Waals surface area contributed by atoms with Crippen LogP contribution in [0.25, 0.3) is 0 Å². The number of rotatable bonds is 6. The third-order valence-electron chi connectivity index (χ3n) is 3.87. The number of hydrogen-bond acceptors (Lipinski definition) is 4. The summed E-state index contributed by atoms with van der Waals surface area (Å²) >= 11 is 1.70. The van der Waals surface area contributed by atoms with Gasteiger partial charge in [0.05, 0.1) is 13.2 Å². The first kappa shape index (κ1) is 16.9. The number of nitrogens with one attached hydrogen (secondary N) is 1. The van der Waals surface area contributed by atoms with Crippen LogP contribution in [0.2, 0.25) is 0 Å². The number of benzene rings is 2. The summed E-state index contributed by atoms with van der Waals surface area (Å²) in [6.07, 6.45) is 0.505. The summed E-state index contributed by atoms with van der Waals surface area (Å²) in [5, 5.41) is 2.96. The molecule has 0 aromatic heterocycles. The van der Waals surface area contributed by atoms with Crippen LogP contribution in [0.3, 0.4) is 0 Å². The second kappa shape index (κ2) is 8.76. The highest BCUT2D eigenvalue weighted by atomic mass is 32.2. The number of nitrogens with zero attached hydrogens (tertiary/aromatic N) is 1. The Morgan fingerprint density at radius 3 is 2.46 bits per heavy atom. The zero-order valence-corrected chi connectivity index (χ0v) is 14.4. The normalized spacial score (nSPS) is 14.4. The minimum atomic E-state index is 0.0533. The van der Waals surface area contributed by atoms with Gasteiger partial charge >= 0.3 is 0 Å². The average Bonchev–Trinajstić information content (AvgIpc) is 2.64. The third kappa shape index (κ3) is 5.01. The lowest BCUT2D eigenvalue weighted by molar-refractivity contribution is -0.115. The van der Waals surface area contributed by atoms with Gasteiger partial charge in [-0.2, -0.15) is 0 Å². The summed E-state index contributed by atoms with van der Waals surface area (Å²) in [6.45, 7) is 3.39. The zero-order chi connectivity index (χ0) is 16.6. The highest BCUT2D eigenvalue weighted by molar-refractivity contribution is 7.99. The Hall–Kier alpha value is -1.98. The van der Waals surface area contributed by atoms with Gasteiger partial charge in [-0.15, -0.1) is 11.8 Å². The van der Waals surface area contributed by atoms with Gasteiger partial charge in [0, 0.05) is 41.5 Å². The van der Waals surface area contributed by atoms with Crippen LogP contribution in [0.4, 0.5) is 11.4 Å². The summed E-state index contributed by atoms with van der Waals surface area (Å²) in [7, 11) is 0. The minimum Gasteiger partial charge on any atom is -0.378 e. The molecule has 0 saturated carbocycles. The van der Waals surface area contributed by atoms with Crippen molar-refractivity contribution in [3.05, 3.63) is 54.6 Å². The maximum Gasteiger partial charge on any atom is 0.225 e. The highest BCUT2D eigenvalue weighted by Crippen LogP contribution is 2.20. The fourth-order valence-electron chi connectivity index (χ4n) is 2.58. The Kier molecular flexibility index (Phi) is 6.15. The van der Waals surface area contributed by atoms with E-state index in [1.165, 1.54) is 10.6 Å². The first-order chi connectivity index (χ1) is 11.8. The van der Waals surface area contributed by atoms with E-state index in [0.29, 0.717) is 6.42 Å². The number of anilines is 2. The molecule has 0 bridgehead atoms. The van der Waals surface area contributed by atoms with E-state index < -0.39 is 0 Å². The van der Waals surface area contributed by atoms with E-state index >= 15 is 0 Å². The molecule has 5 heteroatoms. The SMILES string of the molecule is O=C(CCSc1ccccc1)Nc1ccc(N2CCOCC2)cc1. The summed E-state index contributed by atoms with van der Waals surface area (Å²) < 4.78 is 5.37. The minimum absolute atomic E-state index is 0.0533. The lowest BCUT2D eigenvalue weighted by atomic mass is 10.2. The molecule has 4 nitrogen and oxygen atoms in total. The number of morpholine rings is 1. The molecule has 1 saturated heterocycles. The smallest absolute Gasteiger partial charge is 0.225 e. The molecule has 1 fully saturated rings. The molecular formula is C19H22N2O2S. The molecule has 0 radical (unpaired) electrons. The van der Waals surface area contributed by atoms with Crippen LogP contribution in [0.5, 0.6) is 0 Å². The second-order valence-corrected chi connectivity index (χ2v) is 6.77. The van der Waals surface area contributed by atoms with E-state index in [9.17, 15) is 4.79 Å². The van der Waals surface area contributed by atoms with E-state index in [4.69, 9.17) is 4.74 Å². The number of ether oxygens (including phenoxy) is 1. The quantitative estimate of drug-likeness (QED) is 0.814. The van der Waals surface area contributed by atoms with E-state index in [-0.39, 0.29) is 5.91 Å². The van der Waals surface area contributed by atoms with Crippen molar-refractivity contribution in [2.24, 2.45) is 0 Å². The van der Waals surface area contributed by atoms with Gasteiger partial charge in [-0.25, -0.2) is 0 Å². The largest absolute Gasteiger partial charge is 0.378 e. The molecule has 3 rings (SSSR count). The summed E-state index contributed by atoms with van der Waals surface area (Å²) in [5.74, 6) is 0.833. The van der Waals surface area contributed by atoms with Gasteiger partial charge in [0.15, 0.2) is 0 Å². The average molecular weight is 342 g/mol. The van der Waals surface area contributed by atoms with E-state index in [2.05, 4.69) is 34.5 Å². The topological polar surface area (TPSA) is 41.6 Å². The molecule has 1 heterocycles. The number of amides is 1. The summed E-state index contributed by atoms with van der Waals surface area (Å²) in [6, 6.07) is 18.2. The van der Waals surface area contributed by atoms with Crippen LogP contribution in [-0.2, 0) is 9.53 Å². The summed E-state index contributed by atoms with van der Waals surface area (Å²) in [4.78, 5) is 15.5. The van der Waals surface area contributed by atoms with E-state index in [0.717, 1.165) is 37.7 Å². The van der Waals surface area contributed by atoms with Gasteiger partial charge in [-0.3, -0.25) is 4.79 Å². The Morgan fingerprint density at radius 1 is 1.04 bits per heavy atom. The Bertz CT molecular complexity index is 640. The lowest BCUT2D eigenvalue weighted by Crippen LogP contribution is -2.36. The molecule has 2 aromatic rings. The summed E-state index contributed by atoms with van der Waals surface area (Å²) in [5.41, 5.74) is 2.03. The van der Waals surface area contributed by atoms with Gasteiger partial charge in [-0.05, 0) is 36.4 Å². The van der Waals surface area contributed by atoms with Crippen molar-refractivity contribution in [3.8, 4) is 0 Å². The molecule has 2 aromatic carbocycles. The van der Waals surface area contributed by atoms with Gasteiger partial charge < -0.3 is 15.0 Å². The molecule has 1 amide bonds. The molecule has 24 heavy (non-hydrogen) atoms. The lowest BCUT2D eigenvalue weighted by Gasteiger charge is -2.28. The highest BCUT2D eigenvalue weighted by Gasteiger charge is 2.11. The molecule has 0 atom stereocenters. The van der Waals surface area contributed by atoms with Gasteiger partial charge in [0.1, 0.15) is 0 Å². The van der Waals surface area contributed by atoms with Gasteiger partial charge in [0.25, 0.3) is 0 Å². The Morgan fingerprint density at radius 2 is 1.75 bits per heavy atom. The predicted molar refractivity (Wildman–Crippen MR) is 99.9 cm³/mol. The first-order valence-electron chi connectivity index (χ1n) is 8.22. The van der Waals surface area contributed by atoms with Gasteiger partial charge in [0.2, 0.25) is 5.91 Å². The molecule has 1 N–H and O–H groups in total. The number of thioether (sulfide) groups is 1. The number of hydrogen-bond donors (Lipinski definition) is 1. The monoisotopic (exact) mass is 342 g/mol. The maximum absolute atomic E-state index is 12.0. The van der Waals surface area contributed by atoms with Crippen LogP contribution in [0.15, 0.2) is 59.5 Å². The Balaban J connectivity index is 1.44. The van der Waals surface area contributed by atoms with Crippen molar-refractivity contribution >= 4 is 29.0 Å². The Labute approximate surface area is 147 Å². The van der Waals surface area contributed by atoms with Crippen molar-refractivity contribution in [2.45, 2.75) is 11.3 Å². The fraction of sp³-hybridized carbons (Fsp3) is 0.316. The van der Waals surface area contributed by atoms with Gasteiger partial charge in [-0.1, -0.05) is 18.2 Å². The molecule has 0 aliphatic carbocycles. The molecule has 1 aliphatic heterocycles. The van der Waals surface area contributed by atoms with Crippen molar-refractivity contribution in [1.29, 1.82) is 0 Å². The zero-order valence-electron chi connectivity index (χ0n) is 13.6. The van der Waals surface area contributed by atoms with E-state index in [1.54, 1.807) is 11.8 Å². The number of carbonyl (C=O) groups is 1. The van der Waals surface area contributed by atoms with Crippen molar-refractivity contribution in [3.63, 3.8) is 0 Å². The third-order valence-corrected chi connectivity index (χ3v) is 4.88. The standard InChI is InChI=1S/C19H22N2O2S/c22-19(10-15-24-18-4-2-1-3-5-18)20-16-6-8-17(9-7-16)21-11-13-23-14-12-21/h1-9H,10-15H2,(H,20,22). The van der Waals surface area contributed by atoms with Crippen LogP contribution < -0.4 is 10.2 Å². The fourth-order valence-corrected chi connectivity index (χ4v) is 3.45. The number of carbonyl (C=O) groups excluding carboxylic acids is 1. The molecular weight excluding hydrogens is 320 g/mol. The van der Waals surface area contributed by atoms with Crippen LogP contribution >= 0.6 is 11.8 Å². The molecule has 126 valence electrons. The van der Waals surface area contributed by atoms with Crippen LogP contribution in [-0.4, -0.2) is 38.0 Å². The van der Waals surface area contributed by atoms with Crippen molar-refractivity contribution < 1.29 is 9.53 Å². The van der Waals surface area contributed by atoms with Crippen LogP contribution in [0.1, 0.15) is 6.42 Å². The van der Waals surface area contributed by atoms with Crippen LogP contribution in [0, 0.1) is 0 Å². The van der Waals surface area contributed by atoms with E-state index in [1.807, 2.05) is 30.3 Å². The van der Waals surface area contributed by atoms with Crippen molar-refractivity contribution in [2.75, 3.05) is 42.3 Å².